The topological polar surface area (TPSA) is 62.3 Å². The van der Waals surface area contributed by atoms with Gasteiger partial charge in [-0.1, -0.05) is 6.92 Å². The second-order valence-corrected chi connectivity index (χ2v) is 6.70. The number of hydrogen-bond acceptors (Lipinski definition) is 4. The molecule has 0 fully saturated rings. The summed E-state index contributed by atoms with van der Waals surface area (Å²) >= 11 is 0. The van der Waals surface area contributed by atoms with Gasteiger partial charge in [-0.25, -0.2) is 17.1 Å². The molecular formula is C13H22FN3O2S. The first-order valence-electron chi connectivity index (χ1n) is 6.63. The summed E-state index contributed by atoms with van der Waals surface area (Å²) in [6.45, 7) is 5.35. The lowest BCUT2D eigenvalue weighted by atomic mass is 10.1. The fourth-order valence-corrected chi connectivity index (χ4v) is 2.85. The summed E-state index contributed by atoms with van der Waals surface area (Å²) in [5, 5.41) is 3.23. The monoisotopic (exact) mass is 303 g/mol. The van der Waals surface area contributed by atoms with E-state index in [1.807, 2.05) is 13.8 Å². The van der Waals surface area contributed by atoms with Crippen molar-refractivity contribution in [3.8, 4) is 0 Å². The molecule has 0 spiro atoms. The van der Waals surface area contributed by atoms with Gasteiger partial charge in [0, 0.05) is 25.3 Å². The normalized spacial score (nSPS) is 13.7. The molecule has 1 N–H and O–H groups in total. The largest absolute Gasteiger partial charge is 0.310 e. The molecular weight excluding hydrogens is 281 g/mol. The molecule has 1 rings (SSSR count). The fraction of sp³-hybridized carbons (Fsp3) is 0.615. The molecule has 0 aliphatic carbocycles. The molecule has 1 heterocycles. The summed E-state index contributed by atoms with van der Waals surface area (Å²) in [5.74, 6) is -0.356. The van der Waals surface area contributed by atoms with Gasteiger partial charge in [0.2, 0.25) is 10.0 Å². The van der Waals surface area contributed by atoms with E-state index in [0.717, 1.165) is 5.56 Å². The smallest absolute Gasteiger partial charge is 0.211 e. The second kappa shape index (κ2) is 7.66. The highest BCUT2D eigenvalue weighted by atomic mass is 32.2. The first-order valence-corrected chi connectivity index (χ1v) is 8.48. The van der Waals surface area contributed by atoms with Crippen molar-refractivity contribution in [2.75, 3.05) is 25.9 Å². The van der Waals surface area contributed by atoms with E-state index in [9.17, 15) is 12.8 Å². The third-order valence-electron chi connectivity index (χ3n) is 3.08. The number of pyridine rings is 1. The third kappa shape index (κ3) is 5.52. The molecule has 0 bridgehead atoms. The van der Waals surface area contributed by atoms with Gasteiger partial charge < -0.3 is 5.32 Å². The molecule has 0 aliphatic heterocycles. The van der Waals surface area contributed by atoms with Crippen LogP contribution in [0.25, 0.3) is 0 Å². The SMILES string of the molecule is CCN(CCCNC(C)c1cncc(F)c1)S(C)(=O)=O. The Hall–Kier alpha value is -1.05. The quantitative estimate of drug-likeness (QED) is 0.740. The van der Waals surface area contributed by atoms with Crippen molar-refractivity contribution < 1.29 is 12.8 Å². The van der Waals surface area contributed by atoms with Crippen molar-refractivity contribution >= 4 is 10.0 Å². The summed E-state index contributed by atoms with van der Waals surface area (Å²) in [6.07, 6.45) is 4.70. The highest BCUT2D eigenvalue weighted by Gasteiger charge is 2.13. The van der Waals surface area contributed by atoms with Crippen molar-refractivity contribution in [2.45, 2.75) is 26.3 Å². The van der Waals surface area contributed by atoms with Crippen LogP contribution in [0.2, 0.25) is 0 Å². The Balaban J connectivity index is 2.37. The van der Waals surface area contributed by atoms with E-state index < -0.39 is 10.0 Å². The summed E-state index contributed by atoms with van der Waals surface area (Å²) in [4.78, 5) is 3.80. The number of halogens is 1. The molecule has 0 saturated heterocycles. The summed E-state index contributed by atoms with van der Waals surface area (Å²) in [6, 6.07) is 1.42. The third-order valence-corrected chi connectivity index (χ3v) is 4.46. The van der Waals surface area contributed by atoms with Gasteiger partial charge in [0.15, 0.2) is 0 Å². The summed E-state index contributed by atoms with van der Waals surface area (Å²) in [5.41, 5.74) is 0.778. The fourth-order valence-electron chi connectivity index (χ4n) is 1.92. The number of aromatic nitrogens is 1. The van der Waals surface area contributed by atoms with Crippen molar-refractivity contribution in [2.24, 2.45) is 0 Å². The molecule has 7 heteroatoms. The zero-order valence-electron chi connectivity index (χ0n) is 12.1. The molecule has 5 nitrogen and oxygen atoms in total. The Bertz CT molecular complexity index is 522. The number of sulfonamides is 1. The van der Waals surface area contributed by atoms with Gasteiger partial charge in [0.25, 0.3) is 0 Å². The number of nitrogens with one attached hydrogen (secondary N) is 1. The van der Waals surface area contributed by atoms with E-state index in [1.54, 1.807) is 6.20 Å². The average Bonchev–Trinajstić information content (AvgIpc) is 2.37. The van der Waals surface area contributed by atoms with Crippen LogP contribution >= 0.6 is 0 Å². The van der Waals surface area contributed by atoms with Gasteiger partial charge in [-0.2, -0.15) is 0 Å². The maximum absolute atomic E-state index is 13.0. The Labute approximate surface area is 120 Å². The highest BCUT2D eigenvalue weighted by molar-refractivity contribution is 7.88. The van der Waals surface area contributed by atoms with Crippen LogP contribution in [-0.2, 0) is 10.0 Å². The van der Waals surface area contributed by atoms with E-state index in [-0.39, 0.29) is 11.9 Å². The first-order chi connectivity index (χ1) is 9.34. The number of nitrogens with zero attached hydrogens (tertiary/aromatic N) is 2. The molecule has 1 aromatic heterocycles. The maximum Gasteiger partial charge on any atom is 0.211 e. The Kier molecular flexibility index (Phi) is 6.51. The second-order valence-electron chi connectivity index (χ2n) is 4.72. The molecule has 1 unspecified atom stereocenters. The minimum absolute atomic E-state index is 0.0217. The van der Waals surface area contributed by atoms with Crippen molar-refractivity contribution in [1.29, 1.82) is 0 Å². The van der Waals surface area contributed by atoms with E-state index >= 15 is 0 Å². The lowest BCUT2D eigenvalue weighted by Crippen LogP contribution is -2.32. The molecule has 1 atom stereocenters. The highest BCUT2D eigenvalue weighted by Crippen LogP contribution is 2.11. The van der Waals surface area contributed by atoms with E-state index in [1.165, 1.54) is 22.8 Å². The van der Waals surface area contributed by atoms with Crippen LogP contribution in [0.3, 0.4) is 0 Å². The average molecular weight is 303 g/mol. The lowest BCUT2D eigenvalue weighted by Gasteiger charge is -2.19. The van der Waals surface area contributed by atoms with Gasteiger partial charge in [-0.3, -0.25) is 4.98 Å². The summed E-state index contributed by atoms with van der Waals surface area (Å²) < 4.78 is 37.3. The summed E-state index contributed by atoms with van der Waals surface area (Å²) in [7, 11) is -3.13. The van der Waals surface area contributed by atoms with E-state index in [4.69, 9.17) is 0 Å². The van der Waals surface area contributed by atoms with Gasteiger partial charge in [-0.05, 0) is 31.5 Å². The van der Waals surface area contributed by atoms with Crippen molar-refractivity contribution in [1.82, 2.24) is 14.6 Å². The van der Waals surface area contributed by atoms with Gasteiger partial charge in [-0.15, -0.1) is 0 Å². The maximum atomic E-state index is 13.0. The molecule has 20 heavy (non-hydrogen) atoms. The molecule has 0 amide bonds. The Morgan fingerprint density at radius 2 is 2.15 bits per heavy atom. The van der Waals surface area contributed by atoms with Gasteiger partial charge in [0.05, 0.1) is 12.5 Å². The molecule has 0 aromatic carbocycles. The van der Waals surface area contributed by atoms with Gasteiger partial charge >= 0.3 is 0 Å². The van der Waals surface area contributed by atoms with Gasteiger partial charge in [0.1, 0.15) is 5.82 Å². The minimum atomic E-state index is -3.13. The van der Waals surface area contributed by atoms with Crippen LogP contribution in [0.1, 0.15) is 31.9 Å². The van der Waals surface area contributed by atoms with Crippen molar-refractivity contribution in [3.05, 3.63) is 29.8 Å². The standard InChI is InChI=1S/C13H22FN3O2S/c1-4-17(20(3,18)19)7-5-6-16-11(2)12-8-13(14)10-15-9-12/h8-11,16H,4-7H2,1-3H3. The zero-order valence-corrected chi connectivity index (χ0v) is 13.0. The Morgan fingerprint density at radius 1 is 1.45 bits per heavy atom. The molecule has 0 aliphatic rings. The predicted molar refractivity (Wildman–Crippen MR) is 77.3 cm³/mol. The van der Waals surface area contributed by atoms with Crippen LogP contribution in [0.5, 0.6) is 0 Å². The number of hydrogen-bond donors (Lipinski definition) is 1. The molecule has 0 saturated carbocycles. The molecule has 0 radical (unpaired) electrons. The first kappa shape index (κ1) is 17.0. The number of rotatable bonds is 8. The van der Waals surface area contributed by atoms with Crippen LogP contribution in [0, 0.1) is 5.82 Å². The zero-order chi connectivity index (χ0) is 15.2. The van der Waals surface area contributed by atoms with Crippen LogP contribution in [0.15, 0.2) is 18.5 Å². The Morgan fingerprint density at radius 3 is 2.70 bits per heavy atom. The lowest BCUT2D eigenvalue weighted by molar-refractivity contribution is 0.413. The molecule has 114 valence electrons. The van der Waals surface area contributed by atoms with Crippen molar-refractivity contribution in [3.63, 3.8) is 0 Å². The molecule has 1 aromatic rings. The minimum Gasteiger partial charge on any atom is -0.310 e. The van der Waals surface area contributed by atoms with E-state index in [2.05, 4.69) is 10.3 Å². The van der Waals surface area contributed by atoms with Crippen LogP contribution < -0.4 is 5.32 Å². The van der Waals surface area contributed by atoms with Crippen LogP contribution in [-0.4, -0.2) is 43.6 Å². The van der Waals surface area contributed by atoms with Crippen LogP contribution in [0.4, 0.5) is 4.39 Å². The predicted octanol–water partition coefficient (Wildman–Crippen LogP) is 1.54. The van der Waals surface area contributed by atoms with E-state index in [0.29, 0.717) is 26.1 Å².